The highest BCUT2D eigenvalue weighted by molar-refractivity contribution is 5.88. The lowest BCUT2D eigenvalue weighted by atomic mass is 10.2. The molecule has 1 saturated heterocycles. The summed E-state index contributed by atoms with van der Waals surface area (Å²) >= 11 is 0. The molecular formula is C8H15N3O2. The zero-order valence-corrected chi connectivity index (χ0v) is 7.67. The van der Waals surface area contributed by atoms with Crippen LogP contribution in [-0.4, -0.2) is 30.4 Å². The van der Waals surface area contributed by atoms with Crippen LogP contribution in [0.15, 0.2) is 0 Å². The fraction of sp³-hybridized carbons (Fsp3) is 0.750. The molecule has 0 radical (unpaired) electrons. The Morgan fingerprint density at radius 1 is 1.62 bits per heavy atom. The highest BCUT2D eigenvalue weighted by Crippen LogP contribution is 2.04. The van der Waals surface area contributed by atoms with Crippen molar-refractivity contribution in [3.05, 3.63) is 0 Å². The second-order valence-electron chi connectivity index (χ2n) is 3.28. The van der Waals surface area contributed by atoms with E-state index in [0.717, 1.165) is 19.4 Å². The van der Waals surface area contributed by atoms with Crippen LogP contribution in [0.4, 0.5) is 0 Å². The Hall–Kier alpha value is -1.10. The average Bonchev–Trinajstić information content (AvgIpc) is 2.55. The van der Waals surface area contributed by atoms with Crippen molar-refractivity contribution < 1.29 is 9.59 Å². The van der Waals surface area contributed by atoms with Crippen LogP contribution in [-0.2, 0) is 9.59 Å². The zero-order valence-electron chi connectivity index (χ0n) is 7.67. The van der Waals surface area contributed by atoms with Crippen LogP contribution in [0.5, 0.6) is 0 Å². The monoisotopic (exact) mass is 185 g/mol. The lowest BCUT2D eigenvalue weighted by molar-refractivity contribution is -0.128. The van der Waals surface area contributed by atoms with Crippen molar-refractivity contribution in [2.24, 2.45) is 5.73 Å². The fourth-order valence-corrected chi connectivity index (χ4v) is 1.29. The van der Waals surface area contributed by atoms with Crippen molar-refractivity contribution >= 4 is 11.8 Å². The van der Waals surface area contributed by atoms with Crippen LogP contribution in [0.2, 0.25) is 0 Å². The van der Waals surface area contributed by atoms with Gasteiger partial charge < -0.3 is 16.4 Å². The molecule has 5 nitrogen and oxygen atoms in total. The quantitative estimate of drug-likeness (QED) is 0.512. The lowest BCUT2D eigenvalue weighted by Gasteiger charge is -2.14. The number of amides is 2. The van der Waals surface area contributed by atoms with Gasteiger partial charge in [0.15, 0.2) is 0 Å². The van der Waals surface area contributed by atoms with Gasteiger partial charge in [0.05, 0.1) is 6.04 Å². The molecule has 0 aromatic rings. The molecule has 0 aromatic carbocycles. The molecule has 0 spiro atoms. The van der Waals surface area contributed by atoms with Crippen LogP contribution in [0, 0.1) is 0 Å². The van der Waals surface area contributed by atoms with Gasteiger partial charge in [0, 0.05) is 0 Å². The predicted octanol–water partition coefficient (Wildman–Crippen LogP) is -1.27. The maximum absolute atomic E-state index is 11.4. The highest BCUT2D eigenvalue weighted by Gasteiger charge is 2.23. The van der Waals surface area contributed by atoms with Crippen LogP contribution in [0.1, 0.15) is 19.8 Å². The number of carbonyl (C=O) groups is 2. The number of carbonyl (C=O) groups excluding carboxylic acids is 2. The number of primary amides is 1. The van der Waals surface area contributed by atoms with Crippen molar-refractivity contribution in [2.45, 2.75) is 31.8 Å². The summed E-state index contributed by atoms with van der Waals surface area (Å²) in [6.45, 7) is 2.44. The Bertz CT molecular complexity index is 211. The Kier molecular flexibility index (Phi) is 3.25. The van der Waals surface area contributed by atoms with Crippen LogP contribution < -0.4 is 16.4 Å². The van der Waals surface area contributed by atoms with E-state index >= 15 is 0 Å². The van der Waals surface area contributed by atoms with Crippen molar-refractivity contribution in [2.75, 3.05) is 6.54 Å². The smallest absolute Gasteiger partial charge is 0.239 e. The van der Waals surface area contributed by atoms with Gasteiger partial charge in [0.1, 0.15) is 6.04 Å². The van der Waals surface area contributed by atoms with Gasteiger partial charge in [-0.15, -0.1) is 0 Å². The lowest BCUT2D eigenvalue weighted by Crippen LogP contribution is -2.48. The van der Waals surface area contributed by atoms with Gasteiger partial charge in [-0.25, -0.2) is 0 Å². The van der Waals surface area contributed by atoms with Gasteiger partial charge in [0.25, 0.3) is 0 Å². The molecule has 1 fully saturated rings. The minimum absolute atomic E-state index is 0.135. The first-order valence-electron chi connectivity index (χ1n) is 4.44. The normalized spacial score (nSPS) is 23.9. The van der Waals surface area contributed by atoms with Gasteiger partial charge in [-0.1, -0.05) is 0 Å². The van der Waals surface area contributed by atoms with Crippen LogP contribution in [0.25, 0.3) is 0 Å². The molecule has 0 bridgehead atoms. The molecule has 5 heteroatoms. The third-order valence-electron chi connectivity index (χ3n) is 2.16. The first-order valence-corrected chi connectivity index (χ1v) is 4.44. The minimum Gasteiger partial charge on any atom is -0.368 e. The molecule has 4 N–H and O–H groups in total. The molecule has 1 heterocycles. The van der Waals surface area contributed by atoms with Crippen LogP contribution >= 0.6 is 0 Å². The van der Waals surface area contributed by atoms with E-state index in [0.29, 0.717) is 0 Å². The number of rotatable bonds is 3. The van der Waals surface area contributed by atoms with Crippen LogP contribution in [0.3, 0.4) is 0 Å². The van der Waals surface area contributed by atoms with Gasteiger partial charge in [-0.3, -0.25) is 9.59 Å². The number of hydrogen-bond acceptors (Lipinski definition) is 3. The van der Waals surface area contributed by atoms with E-state index < -0.39 is 11.9 Å². The van der Waals surface area contributed by atoms with E-state index in [1.165, 1.54) is 0 Å². The molecule has 1 aliphatic heterocycles. The molecule has 1 unspecified atom stereocenters. The maximum atomic E-state index is 11.4. The topological polar surface area (TPSA) is 84.2 Å². The zero-order chi connectivity index (χ0) is 9.84. The Morgan fingerprint density at radius 3 is 2.77 bits per heavy atom. The SMILES string of the molecule is CC(NC(=O)[C@H]1CCCN1)C(N)=O. The molecule has 1 rings (SSSR count). The van der Waals surface area contributed by atoms with Gasteiger partial charge in [-0.05, 0) is 26.3 Å². The highest BCUT2D eigenvalue weighted by atomic mass is 16.2. The summed E-state index contributed by atoms with van der Waals surface area (Å²) in [5.41, 5.74) is 5.01. The molecule has 0 saturated carbocycles. The second-order valence-corrected chi connectivity index (χ2v) is 3.28. The molecular weight excluding hydrogens is 170 g/mol. The Labute approximate surface area is 77.1 Å². The Balaban J connectivity index is 2.35. The summed E-state index contributed by atoms with van der Waals surface area (Å²) < 4.78 is 0. The Morgan fingerprint density at radius 2 is 2.31 bits per heavy atom. The summed E-state index contributed by atoms with van der Waals surface area (Å²) in [7, 11) is 0. The van der Waals surface area contributed by atoms with Gasteiger partial charge in [0.2, 0.25) is 11.8 Å². The van der Waals surface area contributed by atoms with E-state index in [1.54, 1.807) is 6.92 Å². The largest absolute Gasteiger partial charge is 0.368 e. The first-order chi connectivity index (χ1) is 6.11. The number of hydrogen-bond donors (Lipinski definition) is 3. The first kappa shape index (κ1) is 9.98. The standard InChI is InChI=1S/C8H15N3O2/c1-5(7(9)12)11-8(13)6-3-2-4-10-6/h5-6,10H,2-4H2,1H3,(H2,9,12)(H,11,13)/t5?,6-/m1/s1. The molecule has 2 atom stereocenters. The molecule has 0 aliphatic carbocycles. The van der Waals surface area contributed by atoms with E-state index in [1.807, 2.05) is 0 Å². The van der Waals surface area contributed by atoms with Gasteiger partial charge >= 0.3 is 0 Å². The predicted molar refractivity (Wildman–Crippen MR) is 47.8 cm³/mol. The average molecular weight is 185 g/mol. The maximum Gasteiger partial charge on any atom is 0.239 e. The molecule has 0 aromatic heterocycles. The third kappa shape index (κ3) is 2.69. The van der Waals surface area contributed by atoms with E-state index in [-0.39, 0.29) is 11.9 Å². The third-order valence-corrected chi connectivity index (χ3v) is 2.16. The molecule has 1 aliphatic rings. The summed E-state index contributed by atoms with van der Waals surface area (Å²) in [6, 6.07) is -0.739. The molecule has 13 heavy (non-hydrogen) atoms. The van der Waals surface area contributed by atoms with Crippen molar-refractivity contribution in [1.82, 2.24) is 10.6 Å². The van der Waals surface area contributed by atoms with Crippen molar-refractivity contribution in [1.29, 1.82) is 0 Å². The fourth-order valence-electron chi connectivity index (χ4n) is 1.29. The minimum atomic E-state index is -0.588. The summed E-state index contributed by atoms with van der Waals surface area (Å²) in [6.07, 6.45) is 1.83. The van der Waals surface area contributed by atoms with E-state index in [4.69, 9.17) is 5.73 Å². The molecule has 2 amide bonds. The van der Waals surface area contributed by atoms with E-state index in [2.05, 4.69) is 10.6 Å². The van der Waals surface area contributed by atoms with Crippen molar-refractivity contribution in [3.63, 3.8) is 0 Å². The number of nitrogens with one attached hydrogen (secondary N) is 2. The summed E-state index contributed by atoms with van der Waals surface area (Å²) in [5, 5.41) is 5.58. The van der Waals surface area contributed by atoms with Crippen molar-refractivity contribution in [3.8, 4) is 0 Å². The summed E-state index contributed by atoms with van der Waals surface area (Å²) in [5.74, 6) is -0.643. The number of nitrogens with two attached hydrogens (primary N) is 1. The summed E-state index contributed by atoms with van der Waals surface area (Å²) in [4.78, 5) is 22.0. The second kappa shape index (κ2) is 4.23. The van der Waals surface area contributed by atoms with E-state index in [9.17, 15) is 9.59 Å². The molecule has 74 valence electrons. The van der Waals surface area contributed by atoms with Gasteiger partial charge in [-0.2, -0.15) is 0 Å².